The first-order chi connectivity index (χ1) is 6.40. The first kappa shape index (κ1) is 8.38. The third-order valence-corrected chi connectivity index (χ3v) is 1.89. The summed E-state index contributed by atoms with van der Waals surface area (Å²) in [5.41, 5.74) is 0.951. The number of aliphatic hydroxyl groups is 1. The number of ether oxygens (including phenoxy) is 2. The van der Waals surface area contributed by atoms with Gasteiger partial charge in [0, 0.05) is 6.42 Å². The van der Waals surface area contributed by atoms with E-state index in [1.165, 1.54) is 0 Å². The Balaban J connectivity index is 2.24. The van der Waals surface area contributed by atoms with Gasteiger partial charge in [-0.25, -0.2) is 0 Å². The highest BCUT2D eigenvalue weighted by Gasteiger charge is 2.10. The summed E-state index contributed by atoms with van der Waals surface area (Å²) >= 11 is 0. The van der Waals surface area contributed by atoms with E-state index in [9.17, 15) is 0 Å². The SMILES string of the molecule is OC[CH]c1ccc2c(c1)OCCO2. The van der Waals surface area contributed by atoms with E-state index < -0.39 is 0 Å². The second kappa shape index (κ2) is 3.66. The largest absolute Gasteiger partial charge is 0.486 e. The Morgan fingerprint density at radius 1 is 1.23 bits per heavy atom. The van der Waals surface area contributed by atoms with Crippen LogP contribution in [0.2, 0.25) is 0 Å². The van der Waals surface area contributed by atoms with Gasteiger partial charge in [-0.05, 0) is 17.7 Å². The Bertz CT molecular complexity index is 296. The maximum Gasteiger partial charge on any atom is 0.161 e. The molecule has 0 aliphatic carbocycles. The molecule has 1 aromatic rings. The van der Waals surface area contributed by atoms with E-state index in [2.05, 4.69) is 0 Å². The number of aliphatic hydroxyl groups excluding tert-OH is 1. The van der Waals surface area contributed by atoms with Crippen LogP contribution in [-0.4, -0.2) is 24.9 Å². The second-order valence-corrected chi connectivity index (χ2v) is 2.79. The van der Waals surface area contributed by atoms with Crippen LogP contribution >= 0.6 is 0 Å². The van der Waals surface area contributed by atoms with Crippen LogP contribution in [0.3, 0.4) is 0 Å². The summed E-state index contributed by atoms with van der Waals surface area (Å²) in [5.74, 6) is 1.54. The van der Waals surface area contributed by atoms with E-state index in [4.69, 9.17) is 14.6 Å². The summed E-state index contributed by atoms with van der Waals surface area (Å²) in [6, 6.07) is 5.62. The molecule has 0 amide bonds. The first-order valence-corrected chi connectivity index (χ1v) is 4.24. The molecule has 1 radical (unpaired) electrons. The highest BCUT2D eigenvalue weighted by atomic mass is 16.6. The van der Waals surface area contributed by atoms with Crippen molar-refractivity contribution in [1.82, 2.24) is 0 Å². The molecule has 1 aliphatic heterocycles. The van der Waals surface area contributed by atoms with Gasteiger partial charge in [0.15, 0.2) is 11.5 Å². The summed E-state index contributed by atoms with van der Waals surface area (Å²) in [7, 11) is 0. The van der Waals surface area contributed by atoms with Gasteiger partial charge in [-0.2, -0.15) is 0 Å². The van der Waals surface area contributed by atoms with Gasteiger partial charge in [-0.3, -0.25) is 0 Å². The van der Waals surface area contributed by atoms with Crippen LogP contribution in [0.15, 0.2) is 18.2 Å². The normalized spacial score (nSPS) is 14.2. The lowest BCUT2D eigenvalue weighted by atomic mass is 10.1. The van der Waals surface area contributed by atoms with Crippen LogP contribution in [0.4, 0.5) is 0 Å². The number of fused-ring (bicyclic) bond motifs is 1. The van der Waals surface area contributed by atoms with E-state index >= 15 is 0 Å². The Labute approximate surface area is 76.9 Å². The molecule has 0 spiro atoms. The highest BCUT2D eigenvalue weighted by molar-refractivity contribution is 5.45. The summed E-state index contributed by atoms with van der Waals surface area (Å²) < 4.78 is 10.7. The van der Waals surface area contributed by atoms with Gasteiger partial charge in [-0.1, -0.05) is 6.07 Å². The Kier molecular flexibility index (Phi) is 2.36. The Morgan fingerprint density at radius 2 is 2.00 bits per heavy atom. The Hall–Kier alpha value is -1.22. The number of hydrogen-bond donors (Lipinski definition) is 1. The lowest BCUT2D eigenvalue weighted by molar-refractivity contribution is 0.171. The molecule has 0 aromatic heterocycles. The second-order valence-electron chi connectivity index (χ2n) is 2.79. The standard InChI is InChI=1S/C10H11O3/c11-4-3-8-1-2-9-10(7-8)13-6-5-12-9/h1-3,7,11H,4-6H2. The molecule has 0 saturated heterocycles. The predicted octanol–water partition coefficient (Wildman–Crippen LogP) is 1.00. The third kappa shape index (κ3) is 1.75. The molecule has 1 aromatic carbocycles. The van der Waals surface area contributed by atoms with E-state index in [1.807, 2.05) is 18.2 Å². The summed E-state index contributed by atoms with van der Waals surface area (Å²) in [6.45, 7) is 1.24. The van der Waals surface area contributed by atoms with E-state index in [0.29, 0.717) is 13.2 Å². The van der Waals surface area contributed by atoms with Crippen molar-refractivity contribution in [2.24, 2.45) is 0 Å². The number of hydrogen-bond acceptors (Lipinski definition) is 3. The molecule has 3 heteroatoms. The monoisotopic (exact) mass is 179 g/mol. The number of benzene rings is 1. The fourth-order valence-corrected chi connectivity index (χ4v) is 1.29. The predicted molar refractivity (Wildman–Crippen MR) is 47.9 cm³/mol. The van der Waals surface area contributed by atoms with Gasteiger partial charge in [0.25, 0.3) is 0 Å². The van der Waals surface area contributed by atoms with E-state index in [0.717, 1.165) is 17.1 Å². The van der Waals surface area contributed by atoms with Crippen molar-refractivity contribution < 1.29 is 14.6 Å². The minimum Gasteiger partial charge on any atom is -0.486 e. The molecule has 0 fully saturated rings. The van der Waals surface area contributed by atoms with Crippen molar-refractivity contribution in [3.63, 3.8) is 0 Å². The topological polar surface area (TPSA) is 38.7 Å². The average Bonchev–Trinajstić information content (AvgIpc) is 2.18. The molecule has 0 unspecified atom stereocenters. The van der Waals surface area contributed by atoms with Crippen molar-refractivity contribution >= 4 is 0 Å². The maximum atomic E-state index is 8.70. The third-order valence-electron chi connectivity index (χ3n) is 1.89. The maximum absolute atomic E-state index is 8.70. The van der Waals surface area contributed by atoms with Crippen LogP contribution in [0.5, 0.6) is 11.5 Å². The molecular formula is C10H11O3. The van der Waals surface area contributed by atoms with Gasteiger partial charge in [0.1, 0.15) is 13.2 Å². The minimum atomic E-state index is 0.0413. The van der Waals surface area contributed by atoms with Gasteiger partial charge < -0.3 is 14.6 Å². The fourth-order valence-electron chi connectivity index (χ4n) is 1.29. The van der Waals surface area contributed by atoms with Crippen LogP contribution in [0, 0.1) is 6.42 Å². The molecule has 0 atom stereocenters. The molecule has 69 valence electrons. The van der Waals surface area contributed by atoms with Crippen molar-refractivity contribution in [3.8, 4) is 11.5 Å². The van der Waals surface area contributed by atoms with Gasteiger partial charge in [0.05, 0.1) is 6.61 Å². The minimum absolute atomic E-state index is 0.0413. The lowest BCUT2D eigenvalue weighted by Crippen LogP contribution is -2.15. The fraction of sp³-hybridized carbons (Fsp3) is 0.300. The van der Waals surface area contributed by atoms with Crippen LogP contribution in [0.25, 0.3) is 0 Å². The van der Waals surface area contributed by atoms with Gasteiger partial charge >= 0.3 is 0 Å². The zero-order valence-electron chi connectivity index (χ0n) is 7.19. The van der Waals surface area contributed by atoms with Gasteiger partial charge in [-0.15, -0.1) is 0 Å². The van der Waals surface area contributed by atoms with Crippen LogP contribution in [-0.2, 0) is 0 Å². The zero-order chi connectivity index (χ0) is 9.10. The molecule has 1 heterocycles. The molecule has 1 aliphatic rings. The summed E-state index contributed by atoms with van der Waals surface area (Å²) in [6.07, 6.45) is 1.72. The molecule has 13 heavy (non-hydrogen) atoms. The van der Waals surface area contributed by atoms with E-state index in [-0.39, 0.29) is 6.61 Å². The van der Waals surface area contributed by atoms with Crippen molar-refractivity contribution in [3.05, 3.63) is 30.2 Å². The van der Waals surface area contributed by atoms with Crippen molar-refractivity contribution in [1.29, 1.82) is 0 Å². The molecule has 3 nitrogen and oxygen atoms in total. The summed E-state index contributed by atoms with van der Waals surface area (Å²) in [5, 5.41) is 8.70. The average molecular weight is 179 g/mol. The molecule has 0 saturated carbocycles. The smallest absolute Gasteiger partial charge is 0.161 e. The zero-order valence-corrected chi connectivity index (χ0v) is 7.19. The molecule has 1 N–H and O–H groups in total. The summed E-state index contributed by atoms with van der Waals surface area (Å²) in [4.78, 5) is 0. The first-order valence-electron chi connectivity index (χ1n) is 4.24. The van der Waals surface area contributed by atoms with Crippen molar-refractivity contribution in [2.45, 2.75) is 0 Å². The lowest BCUT2D eigenvalue weighted by Gasteiger charge is -2.18. The number of rotatable bonds is 2. The molecule has 2 rings (SSSR count). The van der Waals surface area contributed by atoms with Gasteiger partial charge in [0.2, 0.25) is 0 Å². The van der Waals surface area contributed by atoms with Crippen LogP contribution < -0.4 is 9.47 Å². The molecule has 0 bridgehead atoms. The van der Waals surface area contributed by atoms with E-state index in [1.54, 1.807) is 6.42 Å². The Morgan fingerprint density at radius 3 is 2.77 bits per heavy atom. The highest BCUT2D eigenvalue weighted by Crippen LogP contribution is 2.30. The van der Waals surface area contributed by atoms with Crippen LogP contribution in [0.1, 0.15) is 5.56 Å². The molecular weight excluding hydrogens is 168 g/mol. The quantitative estimate of drug-likeness (QED) is 0.736. The van der Waals surface area contributed by atoms with Crippen molar-refractivity contribution in [2.75, 3.05) is 19.8 Å².